The molecule has 0 radical (unpaired) electrons. The molecule has 23 heavy (non-hydrogen) atoms. The molecule has 0 amide bonds. The van der Waals surface area contributed by atoms with Gasteiger partial charge in [-0.15, -0.1) is 0 Å². The molecular weight excluding hydrogens is 290 g/mol. The number of hydrogen-bond acceptors (Lipinski definition) is 4. The van der Waals surface area contributed by atoms with Crippen molar-refractivity contribution in [2.45, 2.75) is 77.7 Å². The molecule has 0 aromatic rings. The minimum atomic E-state index is -0.329. The second-order valence-corrected chi connectivity index (χ2v) is 8.42. The van der Waals surface area contributed by atoms with Crippen molar-refractivity contribution in [3.05, 3.63) is 0 Å². The molecule has 1 aliphatic carbocycles. The summed E-state index contributed by atoms with van der Waals surface area (Å²) in [5, 5.41) is 0. The second-order valence-electron chi connectivity index (χ2n) is 8.42. The number of rotatable bonds is 4. The lowest BCUT2D eigenvalue weighted by atomic mass is 9.75. The van der Waals surface area contributed by atoms with E-state index in [0.717, 1.165) is 19.4 Å². The third kappa shape index (κ3) is 3.74. The number of hydrogen-bond donors (Lipinski definition) is 0. The van der Waals surface area contributed by atoms with Crippen LogP contribution in [0, 0.1) is 23.7 Å². The van der Waals surface area contributed by atoms with Gasteiger partial charge in [0.2, 0.25) is 6.29 Å². The maximum atomic E-state index is 11.9. The smallest absolute Gasteiger partial charge is 0.308 e. The topological polar surface area (TPSA) is 38.8 Å². The van der Waals surface area contributed by atoms with Gasteiger partial charge in [0.25, 0.3) is 0 Å². The average Bonchev–Trinajstić information content (AvgIpc) is 3.04. The Morgan fingerprint density at radius 1 is 1.26 bits per heavy atom. The molecule has 3 aliphatic rings. The minimum absolute atomic E-state index is 0.0785. The van der Waals surface area contributed by atoms with Gasteiger partial charge in [0.15, 0.2) is 0 Å². The monoisotopic (exact) mass is 323 g/mol. The fourth-order valence-corrected chi connectivity index (χ4v) is 4.92. The maximum absolute atomic E-state index is 11.9. The van der Waals surface area contributed by atoms with Crippen LogP contribution in [-0.4, -0.2) is 42.9 Å². The molecular formula is C19H33NO3. The first-order valence-electron chi connectivity index (χ1n) is 9.51. The third-order valence-electron chi connectivity index (χ3n) is 6.34. The summed E-state index contributed by atoms with van der Waals surface area (Å²) in [4.78, 5) is 14.3. The Kier molecular flexibility index (Phi) is 5.32. The first kappa shape index (κ1) is 17.2. The second kappa shape index (κ2) is 7.10. The van der Waals surface area contributed by atoms with E-state index in [1.54, 1.807) is 0 Å². The third-order valence-corrected chi connectivity index (χ3v) is 6.34. The lowest BCUT2D eigenvalue weighted by Crippen LogP contribution is -2.42. The minimum Gasteiger partial charge on any atom is -0.435 e. The summed E-state index contributed by atoms with van der Waals surface area (Å²) in [6, 6.07) is 0.435. The zero-order valence-electron chi connectivity index (χ0n) is 15.2. The highest BCUT2D eigenvalue weighted by atomic mass is 16.7. The highest BCUT2D eigenvalue weighted by molar-refractivity contribution is 5.72. The van der Waals surface area contributed by atoms with Crippen LogP contribution in [0.15, 0.2) is 0 Å². The summed E-state index contributed by atoms with van der Waals surface area (Å²) in [6.45, 7) is 8.02. The summed E-state index contributed by atoms with van der Waals surface area (Å²) >= 11 is 0. The van der Waals surface area contributed by atoms with Gasteiger partial charge in [-0.3, -0.25) is 4.79 Å². The molecule has 3 rings (SSSR count). The standard InChI is InChI=1S/C19H33NO3/c1-12(2)14-8-7-13(3)10-17(14)22-19-15(11-18(21)23-19)16-6-5-9-20(16)4/h12-17,19H,5-11H2,1-4H3/t13-,14+,15+,16-,17-,19-/m1/s1. The summed E-state index contributed by atoms with van der Waals surface area (Å²) < 4.78 is 12.1. The Morgan fingerprint density at radius 3 is 2.70 bits per heavy atom. The van der Waals surface area contributed by atoms with Crippen LogP contribution in [0.25, 0.3) is 0 Å². The quantitative estimate of drug-likeness (QED) is 0.743. The molecule has 0 aromatic carbocycles. The Bertz CT molecular complexity index is 425. The van der Waals surface area contributed by atoms with Gasteiger partial charge in [0.1, 0.15) is 0 Å². The van der Waals surface area contributed by atoms with Crippen LogP contribution in [0.2, 0.25) is 0 Å². The van der Waals surface area contributed by atoms with Crippen LogP contribution in [0.4, 0.5) is 0 Å². The molecule has 0 spiro atoms. The van der Waals surface area contributed by atoms with Crippen molar-refractivity contribution in [3.63, 3.8) is 0 Å². The van der Waals surface area contributed by atoms with Crippen molar-refractivity contribution < 1.29 is 14.3 Å². The zero-order chi connectivity index (χ0) is 16.6. The number of carbonyl (C=O) groups excluding carboxylic acids is 1. The number of carbonyl (C=O) groups is 1. The van der Waals surface area contributed by atoms with Crippen molar-refractivity contribution in [1.29, 1.82) is 0 Å². The van der Waals surface area contributed by atoms with Crippen LogP contribution in [0.3, 0.4) is 0 Å². The molecule has 6 atom stereocenters. The van der Waals surface area contributed by atoms with Crippen LogP contribution in [0.1, 0.15) is 59.3 Å². The van der Waals surface area contributed by atoms with Gasteiger partial charge in [0, 0.05) is 12.0 Å². The van der Waals surface area contributed by atoms with Crippen molar-refractivity contribution >= 4 is 5.97 Å². The molecule has 0 bridgehead atoms. The molecule has 1 saturated carbocycles. The fourth-order valence-electron chi connectivity index (χ4n) is 4.92. The largest absolute Gasteiger partial charge is 0.435 e. The van der Waals surface area contributed by atoms with Crippen LogP contribution < -0.4 is 0 Å². The Labute approximate surface area is 140 Å². The molecule has 2 heterocycles. The molecule has 0 N–H and O–H groups in total. The Hall–Kier alpha value is -0.610. The zero-order valence-corrected chi connectivity index (χ0v) is 15.2. The van der Waals surface area contributed by atoms with E-state index in [1.165, 1.54) is 19.3 Å². The lowest BCUT2D eigenvalue weighted by molar-refractivity contribution is -0.199. The first-order chi connectivity index (χ1) is 11.0. The predicted octanol–water partition coefficient (Wildman–Crippen LogP) is 3.45. The average molecular weight is 323 g/mol. The van der Waals surface area contributed by atoms with Crippen molar-refractivity contribution in [2.75, 3.05) is 13.6 Å². The number of ether oxygens (including phenoxy) is 2. The fraction of sp³-hybridized carbons (Fsp3) is 0.947. The van der Waals surface area contributed by atoms with Crippen molar-refractivity contribution in [3.8, 4) is 0 Å². The highest BCUT2D eigenvalue weighted by Crippen LogP contribution is 2.40. The Morgan fingerprint density at radius 2 is 2.04 bits per heavy atom. The summed E-state index contributed by atoms with van der Waals surface area (Å²) in [5.41, 5.74) is 0. The van der Waals surface area contributed by atoms with Crippen LogP contribution >= 0.6 is 0 Å². The summed E-state index contributed by atoms with van der Waals surface area (Å²) in [6.07, 6.45) is 6.44. The first-order valence-corrected chi connectivity index (χ1v) is 9.51. The van der Waals surface area contributed by atoms with Gasteiger partial charge in [-0.25, -0.2) is 0 Å². The van der Waals surface area contributed by atoms with Crippen molar-refractivity contribution in [2.24, 2.45) is 23.7 Å². The molecule has 0 unspecified atom stereocenters. The molecule has 0 aromatic heterocycles. The molecule has 2 aliphatic heterocycles. The van der Waals surface area contributed by atoms with Gasteiger partial charge < -0.3 is 14.4 Å². The highest BCUT2D eigenvalue weighted by Gasteiger charge is 2.46. The summed E-state index contributed by atoms with van der Waals surface area (Å²) in [7, 11) is 2.16. The van der Waals surface area contributed by atoms with Gasteiger partial charge in [-0.1, -0.05) is 27.2 Å². The molecule has 4 nitrogen and oxygen atoms in total. The number of likely N-dealkylation sites (tertiary alicyclic amines) is 1. The van der Waals surface area contributed by atoms with Gasteiger partial charge in [0.05, 0.1) is 12.5 Å². The normalized spacial score (nSPS) is 42.4. The van der Waals surface area contributed by atoms with E-state index in [2.05, 4.69) is 32.7 Å². The molecule has 2 saturated heterocycles. The van der Waals surface area contributed by atoms with Crippen LogP contribution in [0.5, 0.6) is 0 Å². The van der Waals surface area contributed by atoms with E-state index in [-0.39, 0.29) is 24.3 Å². The van der Waals surface area contributed by atoms with E-state index in [0.29, 0.717) is 30.2 Å². The van der Waals surface area contributed by atoms with Crippen LogP contribution in [-0.2, 0) is 14.3 Å². The molecule has 4 heteroatoms. The molecule has 132 valence electrons. The SMILES string of the molecule is CC(C)[C@@H]1CC[C@@H](C)C[C@H]1O[C@@H]1OC(=O)C[C@H]1[C@H]1CCCN1C. The maximum Gasteiger partial charge on any atom is 0.308 e. The predicted molar refractivity (Wildman–Crippen MR) is 89.9 cm³/mol. The summed E-state index contributed by atoms with van der Waals surface area (Å²) in [5.74, 6) is 2.05. The number of nitrogens with zero attached hydrogens (tertiary/aromatic N) is 1. The van der Waals surface area contributed by atoms with Crippen molar-refractivity contribution in [1.82, 2.24) is 4.90 Å². The van der Waals surface area contributed by atoms with Gasteiger partial charge >= 0.3 is 5.97 Å². The Balaban J connectivity index is 1.69. The van der Waals surface area contributed by atoms with Gasteiger partial charge in [-0.05, 0) is 57.0 Å². The van der Waals surface area contributed by atoms with E-state index >= 15 is 0 Å². The lowest BCUT2D eigenvalue weighted by Gasteiger charge is -2.39. The molecule has 3 fully saturated rings. The van der Waals surface area contributed by atoms with E-state index < -0.39 is 0 Å². The van der Waals surface area contributed by atoms with E-state index in [4.69, 9.17) is 9.47 Å². The number of cyclic esters (lactones) is 1. The van der Waals surface area contributed by atoms with E-state index in [1.807, 2.05) is 0 Å². The number of esters is 1. The van der Waals surface area contributed by atoms with Gasteiger partial charge in [-0.2, -0.15) is 0 Å². The van der Waals surface area contributed by atoms with E-state index in [9.17, 15) is 4.79 Å².